The normalized spacial score (nSPS) is 23.6. The Bertz CT molecular complexity index is 377. The van der Waals surface area contributed by atoms with Gasteiger partial charge in [-0.15, -0.1) is 0 Å². The predicted octanol–water partition coefficient (Wildman–Crippen LogP) is 3.46. The predicted molar refractivity (Wildman–Crippen MR) is 58.6 cm³/mol. The SMILES string of the molecule is Cc1cc(C)c(C2OC2(C)C)cc1C. The maximum atomic E-state index is 5.67. The number of hydrogen-bond donors (Lipinski definition) is 0. The van der Waals surface area contributed by atoms with Crippen LogP contribution in [0.3, 0.4) is 0 Å². The summed E-state index contributed by atoms with van der Waals surface area (Å²) in [6.45, 7) is 10.8. The number of epoxide rings is 1. The zero-order valence-electron chi connectivity index (χ0n) is 9.64. The molecule has 0 aromatic heterocycles. The fraction of sp³-hybridized carbons (Fsp3) is 0.538. The molecule has 0 bridgehead atoms. The van der Waals surface area contributed by atoms with Gasteiger partial charge in [-0.25, -0.2) is 0 Å². The molecule has 1 aromatic carbocycles. The first kappa shape index (κ1) is 9.72. The quantitative estimate of drug-likeness (QED) is 0.618. The Balaban J connectivity index is 2.41. The largest absolute Gasteiger partial charge is 0.362 e. The summed E-state index contributed by atoms with van der Waals surface area (Å²) in [5.41, 5.74) is 5.48. The average molecular weight is 190 g/mol. The molecular formula is C13H18O. The molecule has 0 aliphatic carbocycles. The molecule has 1 atom stereocenters. The first-order valence-electron chi connectivity index (χ1n) is 5.17. The molecule has 1 aliphatic heterocycles. The Morgan fingerprint density at radius 2 is 1.50 bits per heavy atom. The third kappa shape index (κ3) is 1.46. The lowest BCUT2D eigenvalue weighted by molar-refractivity contribution is 0.325. The minimum atomic E-state index is 0.0481. The first-order chi connectivity index (χ1) is 6.42. The van der Waals surface area contributed by atoms with Crippen LogP contribution >= 0.6 is 0 Å². The van der Waals surface area contributed by atoms with Crippen LogP contribution in [0.1, 0.15) is 42.2 Å². The van der Waals surface area contributed by atoms with Gasteiger partial charge in [-0.1, -0.05) is 12.1 Å². The molecule has 1 saturated heterocycles. The van der Waals surface area contributed by atoms with Gasteiger partial charge in [0.1, 0.15) is 6.10 Å². The lowest BCUT2D eigenvalue weighted by Crippen LogP contribution is -2.00. The van der Waals surface area contributed by atoms with E-state index in [1.807, 2.05) is 0 Å². The van der Waals surface area contributed by atoms with Crippen molar-refractivity contribution in [1.29, 1.82) is 0 Å². The molecule has 0 radical (unpaired) electrons. The summed E-state index contributed by atoms with van der Waals surface area (Å²) < 4.78 is 5.67. The average Bonchev–Trinajstić information content (AvgIpc) is 2.67. The highest BCUT2D eigenvalue weighted by Crippen LogP contribution is 2.49. The zero-order chi connectivity index (χ0) is 10.5. The van der Waals surface area contributed by atoms with Gasteiger partial charge in [0.05, 0.1) is 5.60 Å². The molecule has 1 heterocycles. The van der Waals surface area contributed by atoms with Crippen molar-refractivity contribution < 1.29 is 4.74 Å². The van der Waals surface area contributed by atoms with Crippen LogP contribution in [-0.2, 0) is 4.74 Å². The van der Waals surface area contributed by atoms with Crippen LogP contribution in [0.15, 0.2) is 12.1 Å². The van der Waals surface area contributed by atoms with Gasteiger partial charge in [0.25, 0.3) is 0 Å². The van der Waals surface area contributed by atoms with E-state index in [-0.39, 0.29) is 5.60 Å². The number of ether oxygens (including phenoxy) is 1. The Morgan fingerprint density at radius 3 is 2.00 bits per heavy atom. The van der Waals surface area contributed by atoms with Crippen molar-refractivity contribution in [2.45, 2.75) is 46.3 Å². The number of hydrogen-bond acceptors (Lipinski definition) is 1. The van der Waals surface area contributed by atoms with Crippen LogP contribution in [0.25, 0.3) is 0 Å². The van der Waals surface area contributed by atoms with Crippen molar-refractivity contribution in [2.24, 2.45) is 0 Å². The fourth-order valence-corrected chi connectivity index (χ4v) is 1.97. The number of aryl methyl sites for hydroxylation is 3. The van der Waals surface area contributed by atoms with Crippen LogP contribution < -0.4 is 0 Å². The smallest absolute Gasteiger partial charge is 0.112 e. The van der Waals surface area contributed by atoms with Gasteiger partial charge < -0.3 is 4.74 Å². The standard InChI is InChI=1S/C13H18O/c1-8-6-10(3)11(7-9(8)2)12-13(4,5)14-12/h6-7,12H,1-5H3. The van der Waals surface area contributed by atoms with E-state index in [0.29, 0.717) is 6.10 Å². The van der Waals surface area contributed by atoms with Gasteiger partial charge in [-0.05, 0) is 56.9 Å². The van der Waals surface area contributed by atoms with Gasteiger partial charge in [-0.2, -0.15) is 0 Å². The second kappa shape index (κ2) is 2.83. The molecule has 1 heteroatoms. The zero-order valence-corrected chi connectivity index (χ0v) is 9.64. The van der Waals surface area contributed by atoms with Crippen LogP contribution in [0.4, 0.5) is 0 Å². The van der Waals surface area contributed by atoms with Crippen LogP contribution in [-0.4, -0.2) is 5.60 Å². The second-order valence-corrected chi connectivity index (χ2v) is 4.89. The lowest BCUT2D eigenvalue weighted by Gasteiger charge is -2.08. The van der Waals surface area contributed by atoms with Crippen molar-refractivity contribution in [3.63, 3.8) is 0 Å². The molecule has 1 unspecified atom stereocenters. The Morgan fingerprint density at radius 1 is 1.00 bits per heavy atom. The van der Waals surface area contributed by atoms with Crippen LogP contribution in [0.5, 0.6) is 0 Å². The van der Waals surface area contributed by atoms with E-state index in [0.717, 1.165) is 0 Å². The summed E-state index contributed by atoms with van der Waals surface area (Å²) in [6, 6.07) is 4.52. The maximum Gasteiger partial charge on any atom is 0.112 e. The number of rotatable bonds is 1. The van der Waals surface area contributed by atoms with Gasteiger partial charge in [0.2, 0.25) is 0 Å². The minimum absolute atomic E-state index is 0.0481. The lowest BCUT2D eigenvalue weighted by atomic mass is 9.95. The van der Waals surface area contributed by atoms with Crippen LogP contribution in [0.2, 0.25) is 0 Å². The minimum Gasteiger partial charge on any atom is -0.362 e. The molecule has 14 heavy (non-hydrogen) atoms. The van der Waals surface area contributed by atoms with E-state index in [1.165, 1.54) is 22.3 Å². The third-order valence-electron chi connectivity index (χ3n) is 3.16. The van der Waals surface area contributed by atoms with E-state index < -0.39 is 0 Å². The van der Waals surface area contributed by atoms with Crippen molar-refractivity contribution in [3.8, 4) is 0 Å². The Kier molecular flexibility index (Phi) is 1.97. The summed E-state index contributed by atoms with van der Waals surface area (Å²) in [5, 5.41) is 0. The Labute approximate surface area is 86.1 Å². The summed E-state index contributed by atoms with van der Waals surface area (Å²) in [7, 11) is 0. The molecular weight excluding hydrogens is 172 g/mol. The third-order valence-corrected chi connectivity index (χ3v) is 3.16. The molecule has 0 amide bonds. The van der Waals surface area contributed by atoms with E-state index in [9.17, 15) is 0 Å². The first-order valence-corrected chi connectivity index (χ1v) is 5.17. The molecule has 1 aromatic rings. The highest BCUT2D eigenvalue weighted by Gasteiger charge is 2.49. The fourth-order valence-electron chi connectivity index (χ4n) is 1.97. The van der Waals surface area contributed by atoms with Crippen molar-refractivity contribution in [1.82, 2.24) is 0 Å². The van der Waals surface area contributed by atoms with E-state index in [2.05, 4.69) is 46.8 Å². The topological polar surface area (TPSA) is 12.5 Å². The number of benzene rings is 1. The van der Waals surface area contributed by atoms with Crippen LogP contribution in [0, 0.1) is 20.8 Å². The summed E-state index contributed by atoms with van der Waals surface area (Å²) >= 11 is 0. The molecule has 1 nitrogen and oxygen atoms in total. The Hall–Kier alpha value is -0.820. The molecule has 1 aliphatic rings. The summed E-state index contributed by atoms with van der Waals surface area (Å²) in [5.74, 6) is 0. The summed E-state index contributed by atoms with van der Waals surface area (Å²) in [4.78, 5) is 0. The highest BCUT2D eigenvalue weighted by atomic mass is 16.6. The van der Waals surface area contributed by atoms with Crippen molar-refractivity contribution in [3.05, 3.63) is 34.4 Å². The molecule has 1 fully saturated rings. The maximum absolute atomic E-state index is 5.67. The van der Waals surface area contributed by atoms with Gasteiger partial charge >= 0.3 is 0 Å². The monoisotopic (exact) mass is 190 g/mol. The molecule has 0 spiro atoms. The van der Waals surface area contributed by atoms with E-state index in [1.54, 1.807) is 0 Å². The molecule has 0 N–H and O–H groups in total. The van der Waals surface area contributed by atoms with E-state index >= 15 is 0 Å². The van der Waals surface area contributed by atoms with Gasteiger partial charge in [-0.3, -0.25) is 0 Å². The van der Waals surface area contributed by atoms with Crippen molar-refractivity contribution >= 4 is 0 Å². The second-order valence-electron chi connectivity index (χ2n) is 4.89. The molecule has 0 saturated carbocycles. The van der Waals surface area contributed by atoms with Gasteiger partial charge in [0, 0.05) is 0 Å². The summed E-state index contributed by atoms with van der Waals surface area (Å²) in [6.07, 6.45) is 0.307. The van der Waals surface area contributed by atoms with Crippen molar-refractivity contribution in [2.75, 3.05) is 0 Å². The highest BCUT2D eigenvalue weighted by molar-refractivity contribution is 5.40. The van der Waals surface area contributed by atoms with Gasteiger partial charge in [0.15, 0.2) is 0 Å². The molecule has 2 rings (SSSR count). The van der Waals surface area contributed by atoms with E-state index in [4.69, 9.17) is 4.74 Å². The molecule has 76 valence electrons.